The number of hydrogen-bond donors (Lipinski definition) is 1. The van der Waals surface area contributed by atoms with Gasteiger partial charge >= 0.3 is 6.18 Å². The molecule has 0 radical (unpaired) electrons. The van der Waals surface area contributed by atoms with Gasteiger partial charge in [0.15, 0.2) is 0 Å². The molecule has 13 heteroatoms. The summed E-state index contributed by atoms with van der Waals surface area (Å²) in [6.45, 7) is -0.666. The summed E-state index contributed by atoms with van der Waals surface area (Å²) in [6, 6.07) is 2.55. The Morgan fingerprint density at radius 2 is 2.00 bits per heavy atom. The number of benzene rings is 1. The number of halogens is 5. The molecule has 8 nitrogen and oxygen atoms in total. The van der Waals surface area contributed by atoms with E-state index in [1.807, 2.05) is 0 Å². The van der Waals surface area contributed by atoms with Crippen LogP contribution in [0.15, 0.2) is 17.7 Å². The average Bonchev–Trinajstić information content (AvgIpc) is 2.58. The molecule has 0 unspecified atom stereocenters. The van der Waals surface area contributed by atoms with Crippen molar-refractivity contribution in [3.8, 4) is 5.75 Å². The minimum atomic E-state index is -4.86. The third kappa shape index (κ3) is 5.88. The highest BCUT2D eigenvalue weighted by molar-refractivity contribution is 6.36. The zero-order valence-corrected chi connectivity index (χ0v) is 15.4. The van der Waals surface area contributed by atoms with Crippen molar-refractivity contribution in [3.63, 3.8) is 0 Å². The second kappa shape index (κ2) is 9.30. The molecule has 0 fully saturated rings. The molecule has 1 heterocycles. The highest BCUT2D eigenvalue weighted by Crippen LogP contribution is 2.42. The summed E-state index contributed by atoms with van der Waals surface area (Å²) < 4.78 is 49.9. The first-order chi connectivity index (χ1) is 13.1. The first-order valence-corrected chi connectivity index (χ1v) is 8.42. The summed E-state index contributed by atoms with van der Waals surface area (Å²) in [5.74, 6) is -1.24. The number of hydrogen-bond acceptors (Lipinski definition) is 6. The largest absolute Gasteiger partial charge is 0.474 e. The normalized spacial score (nSPS) is 15.9. The van der Waals surface area contributed by atoms with E-state index < -0.39 is 28.8 Å². The number of rotatable bonds is 8. The molecular weight excluding hydrogens is 432 g/mol. The zero-order chi connectivity index (χ0) is 20.9. The summed E-state index contributed by atoms with van der Waals surface area (Å²) in [7, 11) is 0. The molecule has 1 aliphatic heterocycles. The molecule has 154 valence electrons. The summed E-state index contributed by atoms with van der Waals surface area (Å²) >= 11 is 11.7. The average molecular weight is 445 g/mol. The molecule has 1 aromatic rings. The molecule has 28 heavy (non-hydrogen) atoms. The second-order valence-electron chi connectivity index (χ2n) is 5.37. The van der Waals surface area contributed by atoms with Crippen molar-refractivity contribution in [1.82, 2.24) is 5.32 Å². The van der Waals surface area contributed by atoms with Gasteiger partial charge in [-0.05, 0) is 18.2 Å². The van der Waals surface area contributed by atoms with E-state index in [0.29, 0.717) is 0 Å². The highest BCUT2D eigenvalue weighted by atomic mass is 35.5. The topological polar surface area (TPSA) is 99.9 Å². The molecule has 1 atom stereocenters. The molecule has 0 aromatic heterocycles. The maximum Gasteiger partial charge on any atom is 0.429 e. The fraction of sp³-hybridized carbons (Fsp3) is 0.400. The van der Waals surface area contributed by atoms with E-state index >= 15 is 0 Å². The number of alkyl halides is 3. The minimum absolute atomic E-state index is 0.0914. The smallest absolute Gasteiger partial charge is 0.429 e. The van der Waals surface area contributed by atoms with Gasteiger partial charge in [-0.15, -0.1) is 10.1 Å². The Labute approximate surface area is 166 Å². The summed E-state index contributed by atoms with van der Waals surface area (Å²) in [5.41, 5.74) is -0.536. The van der Waals surface area contributed by atoms with E-state index in [0.717, 1.165) is 6.08 Å². The Balaban J connectivity index is 2.04. The summed E-state index contributed by atoms with van der Waals surface area (Å²) in [6.07, 6.45) is -6.36. The maximum absolute atomic E-state index is 13.3. The van der Waals surface area contributed by atoms with Crippen LogP contribution in [0.25, 0.3) is 6.08 Å². The monoisotopic (exact) mass is 444 g/mol. The predicted molar refractivity (Wildman–Crippen MR) is 91.7 cm³/mol. The van der Waals surface area contributed by atoms with Crippen LogP contribution in [0, 0.1) is 10.1 Å². The van der Waals surface area contributed by atoms with E-state index in [-0.39, 0.29) is 47.7 Å². The van der Waals surface area contributed by atoms with Crippen LogP contribution in [0.2, 0.25) is 10.0 Å². The lowest BCUT2D eigenvalue weighted by Crippen LogP contribution is -2.44. The number of fused-ring (bicyclic) bond motifs is 1. The van der Waals surface area contributed by atoms with Gasteiger partial charge in [0.05, 0.1) is 23.8 Å². The second-order valence-corrected chi connectivity index (χ2v) is 6.21. The molecule has 0 saturated carbocycles. The van der Waals surface area contributed by atoms with Crippen molar-refractivity contribution >= 4 is 35.2 Å². The molecule has 1 N–H and O–H groups in total. The Morgan fingerprint density at radius 1 is 1.29 bits per heavy atom. The van der Waals surface area contributed by atoms with Crippen LogP contribution >= 0.6 is 23.2 Å². The van der Waals surface area contributed by atoms with Crippen molar-refractivity contribution in [2.24, 2.45) is 0 Å². The van der Waals surface area contributed by atoms with E-state index in [2.05, 4.69) is 10.2 Å². The standard InChI is InChI=1S/C15H13Cl2F3N2O6/c16-9-5-8-6-10(13(15(18,19)20)28-12(8)11(17)7-9)14(23)21-1-2-26-3-4-27-22(24)25/h5-7,13H,1-4H2,(H,21,23)/t13-/m0/s1. The molecule has 0 saturated heterocycles. The zero-order valence-electron chi connectivity index (χ0n) is 13.9. The molecular formula is C15H13Cl2F3N2O6. The van der Waals surface area contributed by atoms with E-state index in [1.54, 1.807) is 0 Å². The van der Waals surface area contributed by atoms with Gasteiger partial charge < -0.3 is 19.6 Å². The van der Waals surface area contributed by atoms with Gasteiger partial charge in [-0.2, -0.15) is 13.2 Å². The first-order valence-electron chi connectivity index (χ1n) is 7.67. The SMILES string of the molecule is O=C(NCCOCCO[N+](=O)[O-])C1=Cc2cc(Cl)cc(Cl)c2O[C@@H]1C(F)(F)F. The van der Waals surface area contributed by atoms with Crippen LogP contribution in [-0.4, -0.2) is 49.6 Å². The van der Waals surface area contributed by atoms with Crippen LogP contribution in [0.1, 0.15) is 5.56 Å². The van der Waals surface area contributed by atoms with Crippen LogP contribution in [0.5, 0.6) is 5.75 Å². The van der Waals surface area contributed by atoms with Gasteiger partial charge in [0.2, 0.25) is 6.10 Å². The number of carbonyl (C=O) groups is 1. The van der Waals surface area contributed by atoms with Crippen LogP contribution in [0.4, 0.5) is 13.2 Å². The van der Waals surface area contributed by atoms with Crippen molar-refractivity contribution in [2.75, 3.05) is 26.4 Å². The van der Waals surface area contributed by atoms with Gasteiger partial charge in [-0.3, -0.25) is 4.79 Å². The predicted octanol–water partition coefficient (Wildman–Crippen LogP) is 3.04. The van der Waals surface area contributed by atoms with Crippen molar-refractivity contribution in [2.45, 2.75) is 12.3 Å². The number of amides is 1. The molecule has 2 rings (SSSR count). The van der Waals surface area contributed by atoms with E-state index in [4.69, 9.17) is 32.7 Å². The quantitative estimate of drug-likeness (QED) is 0.375. The van der Waals surface area contributed by atoms with E-state index in [1.165, 1.54) is 12.1 Å². The Morgan fingerprint density at radius 3 is 2.64 bits per heavy atom. The van der Waals surface area contributed by atoms with Gasteiger partial charge in [0.1, 0.15) is 12.4 Å². The first kappa shape index (κ1) is 22.1. The van der Waals surface area contributed by atoms with Crippen LogP contribution in [0.3, 0.4) is 0 Å². The van der Waals surface area contributed by atoms with Gasteiger partial charge in [0, 0.05) is 17.1 Å². The molecule has 1 aromatic carbocycles. The number of carbonyl (C=O) groups excluding carboxylic acids is 1. The molecule has 0 bridgehead atoms. The lowest BCUT2D eigenvalue weighted by molar-refractivity contribution is -0.758. The fourth-order valence-corrected chi connectivity index (χ4v) is 2.83. The minimum Gasteiger partial charge on any atom is -0.474 e. The third-order valence-corrected chi connectivity index (χ3v) is 3.88. The van der Waals surface area contributed by atoms with Crippen molar-refractivity contribution in [3.05, 3.63) is 43.4 Å². The highest BCUT2D eigenvalue weighted by Gasteiger charge is 2.48. The number of nitrogens with one attached hydrogen (secondary N) is 1. The number of nitrogens with zero attached hydrogens (tertiary/aromatic N) is 1. The van der Waals surface area contributed by atoms with Gasteiger partial charge in [-0.1, -0.05) is 23.2 Å². The van der Waals surface area contributed by atoms with E-state index in [9.17, 15) is 28.1 Å². The summed E-state index contributed by atoms with van der Waals surface area (Å²) in [5, 5.41) is 11.3. The maximum atomic E-state index is 13.3. The van der Waals surface area contributed by atoms with Crippen molar-refractivity contribution < 1.29 is 37.4 Å². The molecule has 0 spiro atoms. The Hall–Kier alpha value is -2.24. The third-order valence-electron chi connectivity index (χ3n) is 3.38. The van der Waals surface area contributed by atoms with Crippen molar-refractivity contribution in [1.29, 1.82) is 0 Å². The van der Waals surface area contributed by atoms with Gasteiger partial charge in [0.25, 0.3) is 11.0 Å². The fourth-order valence-electron chi connectivity index (χ4n) is 2.28. The summed E-state index contributed by atoms with van der Waals surface area (Å²) in [4.78, 5) is 26.2. The molecule has 1 aliphatic rings. The molecule has 1 amide bonds. The molecule has 0 aliphatic carbocycles. The Bertz CT molecular complexity index is 788. The Kier molecular flexibility index (Phi) is 7.33. The lowest BCUT2D eigenvalue weighted by atomic mass is 10.0. The van der Waals surface area contributed by atoms with Crippen LogP contribution < -0.4 is 10.1 Å². The van der Waals surface area contributed by atoms with Gasteiger partial charge in [-0.25, -0.2) is 0 Å². The number of ether oxygens (including phenoxy) is 2. The lowest BCUT2D eigenvalue weighted by Gasteiger charge is -2.29. The van der Waals surface area contributed by atoms with Crippen LogP contribution in [-0.2, 0) is 14.4 Å².